The number of aliphatic hydroxyl groups is 1. The van der Waals surface area contributed by atoms with E-state index in [2.05, 4.69) is 5.32 Å². The van der Waals surface area contributed by atoms with Crippen LogP contribution in [0.5, 0.6) is 0 Å². The second kappa shape index (κ2) is 7.06. The predicted octanol–water partition coefficient (Wildman–Crippen LogP) is 2.15. The number of rotatable bonds is 5. The van der Waals surface area contributed by atoms with Crippen LogP contribution in [0.15, 0.2) is 12.1 Å². The number of nitrogens with one attached hydrogen (secondary N) is 1. The highest BCUT2D eigenvalue weighted by Gasteiger charge is 2.19. The van der Waals surface area contributed by atoms with Crippen molar-refractivity contribution in [1.82, 2.24) is 5.32 Å². The van der Waals surface area contributed by atoms with Crippen molar-refractivity contribution < 1.29 is 23.0 Å². The third-order valence-corrected chi connectivity index (χ3v) is 3.58. The van der Waals surface area contributed by atoms with Crippen LogP contribution in [0.1, 0.15) is 24.4 Å². The average molecular weight is 289 g/mol. The van der Waals surface area contributed by atoms with Crippen molar-refractivity contribution >= 4 is 0 Å². The minimum absolute atomic E-state index is 0.205. The molecule has 1 atom stereocenters. The summed E-state index contributed by atoms with van der Waals surface area (Å²) in [5.41, 5.74) is 0.205. The van der Waals surface area contributed by atoms with E-state index >= 15 is 0 Å². The fraction of sp³-hybridized carbons (Fsp3) is 0.571. The molecule has 2 N–H and O–H groups in total. The van der Waals surface area contributed by atoms with E-state index in [4.69, 9.17) is 4.74 Å². The van der Waals surface area contributed by atoms with Gasteiger partial charge in [0, 0.05) is 13.2 Å². The van der Waals surface area contributed by atoms with Gasteiger partial charge in [-0.05, 0) is 43.0 Å². The molecule has 1 aromatic rings. The lowest BCUT2D eigenvalue weighted by Crippen LogP contribution is -2.32. The maximum absolute atomic E-state index is 13.2. The van der Waals surface area contributed by atoms with Crippen LogP contribution < -0.4 is 5.32 Å². The Balaban J connectivity index is 2.00. The zero-order valence-corrected chi connectivity index (χ0v) is 11.0. The summed E-state index contributed by atoms with van der Waals surface area (Å²) in [7, 11) is 0. The molecule has 1 aliphatic heterocycles. The molecule has 112 valence electrons. The van der Waals surface area contributed by atoms with Crippen LogP contribution in [-0.2, 0) is 4.74 Å². The number of ether oxygens (including phenoxy) is 1. The van der Waals surface area contributed by atoms with Crippen LogP contribution in [0, 0.1) is 23.4 Å². The molecular formula is C14H18F3NO2. The third kappa shape index (κ3) is 3.71. The zero-order chi connectivity index (χ0) is 14.5. The Labute approximate surface area is 115 Å². The van der Waals surface area contributed by atoms with Gasteiger partial charge in [-0.2, -0.15) is 0 Å². The maximum Gasteiger partial charge on any atom is 0.194 e. The van der Waals surface area contributed by atoms with E-state index in [1.54, 1.807) is 0 Å². The van der Waals surface area contributed by atoms with Gasteiger partial charge in [-0.15, -0.1) is 0 Å². The van der Waals surface area contributed by atoms with Crippen molar-refractivity contribution in [3.8, 4) is 0 Å². The molecule has 0 bridgehead atoms. The van der Waals surface area contributed by atoms with E-state index < -0.39 is 23.5 Å². The van der Waals surface area contributed by atoms with Crippen molar-refractivity contribution in [3.63, 3.8) is 0 Å². The van der Waals surface area contributed by atoms with Gasteiger partial charge < -0.3 is 15.2 Å². The first-order valence-corrected chi connectivity index (χ1v) is 6.68. The number of benzene rings is 1. The normalized spacial score (nSPS) is 18.2. The first-order valence-electron chi connectivity index (χ1n) is 6.68. The highest BCUT2D eigenvalue weighted by Crippen LogP contribution is 2.20. The molecule has 1 aromatic carbocycles. The third-order valence-electron chi connectivity index (χ3n) is 3.58. The van der Waals surface area contributed by atoms with Gasteiger partial charge in [-0.3, -0.25) is 0 Å². The maximum atomic E-state index is 13.2. The monoisotopic (exact) mass is 289 g/mol. The van der Waals surface area contributed by atoms with E-state index in [9.17, 15) is 18.3 Å². The largest absolute Gasteiger partial charge is 0.394 e. The molecule has 6 heteroatoms. The lowest BCUT2D eigenvalue weighted by atomic mass is 9.99. The van der Waals surface area contributed by atoms with Crippen molar-refractivity contribution in [3.05, 3.63) is 35.1 Å². The van der Waals surface area contributed by atoms with E-state index in [0.717, 1.165) is 25.0 Å². The van der Waals surface area contributed by atoms with Crippen molar-refractivity contribution in [1.29, 1.82) is 0 Å². The predicted molar refractivity (Wildman–Crippen MR) is 67.7 cm³/mol. The highest BCUT2D eigenvalue weighted by atomic mass is 19.2. The van der Waals surface area contributed by atoms with Crippen LogP contribution in [-0.4, -0.2) is 31.5 Å². The summed E-state index contributed by atoms with van der Waals surface area (Å²) in [5, 5.41) is 12.4. The van der Waals surface area contributed by atoms with Gasteiger partial charge in [0.25, 0.3) is 0 Å². The summed E-state index contributed by atoms with van der Waals surface area (Å²) in [6.07, 6.45) is 1.83. The second-order valence-corrected chi connectivity index (χ2v) is 5.00. The van der Waals surface area contributed by atoms with Crippen LogP contribution in [0.3, 0.4) is 0 Å². The summed E-state index contributed by atoms with van der Waals surface area (Å²) in [4.78, 5) is 0. The Morgan fingerprint density at radius 2 is 1.80 bits per heavy atom. The Morgan fingerprint density at radius 3 is 2.35 bits per heavy atom. The molecule has 0 aromatic heterocycles. The molecule has 0 spiro atoms. The van der Waals surface area contributed by atoms with Crippen LogP contribution in [0.4, 0.5) is 13.2 Å². The Morgan fingerprint density at radius 1 is 1.20 bits per heavy atom. The quantitative estimate of drug-likeness (QED) is 0.816. The molecule has 20 heavy (non-hydrogen) atoms. The Bertz CT molecular complexity index is 427. The number of hydrogen-bond acceptors (Lipinski definition) is 3. The SMILES string of the molecule is OCC(NCC1CCOCC1)c1cc(F)c(F)c(F)c1. The van der Waals surface area contributed by atoms with E-state index in [-0.39, 0.29) is 12.2 Å². The first-order chi connectivity index (χ1) is 9.61. The first kappa shape index (κ1) is 15.3. The van der Waals surface area contributed by atoms with Crippen molar-refractivity contribution in [2.75, 3.05) is 26.4 Å². The molecular weight excluding hydrogens is 271 g/mol. The van der Waals surface area contributed by atoms with Gasteiger partial charge in [-0.1, -0.05) is 0 Å². The van der Waals surface area contributed by atoms with E-state index in [1.165, 1.54) is 0 Å². The van der Waals surface area contributed by atoms with Gasteiger partial charge in [0.1, 0.15) is 0 Å². The summed E-state index contributed by atoms with van der Waals surface area (Å²) in [5.74, 6) is -3.57. The van der Waals surface area contributed by atoms with Gasteiger partial charge in [0.2, 0.25) is 0 Å². The molecule has 1 saturated heterocycles. The number of halogens is 3. The average Bonchev–Trinajstić information content (AvgIpc) is 2.46. The standard InChI is InChI=1S/C14H18F3NO2/c15-11-5-10(6-12(16)14(11)17)13(8-19)18-7-9-1-3-20-4-2-9/h5-6,9,13,18-19H,1-4,7-8H2. The topological polar surface area (TPSA) is 41.5 Å². The zero-order valence-electron chi connectivity index (χ0n) is 11.0. The highest BCUT2D eigenvalue weighted by molar-refractivity contribution is 5.22. The summed E-state index contributed by atoms with van der Waals surface area (Å²) < 4.78 is 44.5. The summed E-state index contributed by atoms with van der Waals surface area (Å²) in [6, 6.07) is 1.22. The molecule has 0 saturated carbocycles. The second-order valence-electron chi connectivity index (χ2n) is 5.00. The molecule has 1 heterocycles. The molecule has 0 amide bonds. The molecule has 0 aliphatic carbocycles. The number of aliphatic hydroxyl groups excluding tert-OH is 1. The molecule has 0 radical (unpaired) electrons. The number of hydrogen-bond donors (Lipinski definition) is 2. The fourth-order valence-electron chi connectivity index (χ4n) is 2.32. The Hall–Kier alpha value is -1.11. The van der Waals surface area contributed by atoms with E-state index in [1.807, 2.05) is 0 Å². The van der Waals surface area contributed by atoms with Gasteiger partial charge in [0.05, 0.1) is 12.6 Å². The molecule has 3 nitrogen and oxygen atoms in total. The van der Waals surface area contributed by atoms with Crippen LogP contribution in [0.25, 0.3) is 0 Å². The minimum Gasteiger partial charge on any atom is -0.394 e. The summed E-state index contributed by atoms with van der Waals surface area (Å²) in [6.45, 7) is 1.72. The Kier molecular flexibility index (Phi) is 5.39. The van der Waals surface area contributed by atoms with Crippen LogP contribution >= 0.6 is 0 Å². The molecule has 1 fully saturated rings. The summed E-state index contributed by atoms with van der Waals surface area (Å²) >= 11 is 0. The molecule has 2 rings (SSSR count). The molecule has 1 aliphatic rings. The fourth-order valence-corrected chi connectivity index (χ4v) is 2.32. The lowest BCUT2D eigenvalue weighted by Gasteiger charge is -2.25. The lowest BCUT2D eigenvalue weighted by molar-refractivity contribution is 0.0645. The van der Waals surface area contributed by atoms with E-state index in [0.29, 0.717) is 25.7 Å². The van der Waals surface area contributed by atoms with Crippen molar-refractivity contribution in [2.24, 2.45) is 5.92 Å². The smallest absolute Gasteiger partial charge is 0.194 e. The molecule has 1 unspecified atom stereocenters. The van der Waals surface area contributed by atoms with Gasteiger partial charge in [-0.25, -0.2) is 13.2 Å². The van der Waals surface area contributed by atoms with Gasteiger partial charge >= 0.3 is 0 Å². The van der Waals surface area contributed by atoms with Crippen molar-refractivity contribution in [2.45, 2.75) is 18.9 Å². The van der Waals surface area contributed by atoms with Gasteiger partial charge in [0.15, 0.2) is 17.5 Å². The van der Waals surface area contributed by atoms with Crippen LogP contribution in [0.2, 0.25) is 0 Å². The minimum atomic E-state index is -1.49.